The molecule has 1 aromatic rings. The van der Waals surface area contributed by atoms with Crippen molar-refractivity contribution in [1.82, 2.24) is 10.9 Å². The molecule has 2 amide bonds. The highest BCUT2D eigenvalue weighted by Gasteiger charge is 2.22. The molecule has 0 saturated heterocycles. The van der Waals surface area contributed by atoms with Crippen molar-refractivity contribution < 1.29 is 24.2 Å². The molecule has 10 heteroatoms. The van der Waals surface area contributed by atoms with Gasteiger partial charge in [-0.1, -0.05) is 11.6 Å². The number of anilines is 1. The summed E-state index contributed by atoms with van der Waals surface area (Å²) in [5, 5.41) is 12.9. The highest BCUT2D eigenvalue weighted by molar-refractivity contribution is 6.32. The van der Waals surface area contributed by atoms with Crippen LogP contribution in [0, 0.1) is 6.92 Å². The topological polar surface area (TPSA) is 109 Å². The maximum absolute atomic E-state index is 12.5. The fourth-order valence-electron chi connectivity index (χ4n) is 1.96. The van der Waals surface area contributed by atoms with Gasteiger partial charge in [-0.2, -0.15) is 0 Å². The average Bonchev–Trinajstić information content (AvgIpc) is 2.60. The first-order valence-corrected chi connectivity index (χ1v) is 8.34. The number of alkyl halides is 1. The lowest BCUT2D eigenvalue weighted by Crippen LogP contribution is -2.42. The number of methoxy groups -OCH3 is 1. The van der Waals surface area contributed by atoms with Crippen LogP contribution in [0.4, 0.5) is 10.5 Å². The lowest BCUT2D eigenvalue weighted by atomic mass is 10.0. The van der Waals surface area contributed by atoms with E-state index in [4.69, 9.17) is 27.9 Å². The van der Waals surface area contributed by atoms with Gasteiger partial charge in [0.2, 0.25) is 0 Å². The van der Waals surface area contributed by atoms with Gasteiger partial charge in [-0.3, -0.25) is 10.2 Å². The largest absolute Gasteiger partial charge is 0.495 e. The molecule has 0 aromatic heterocycles. The van der Waals surface area contributed by atoms with Crippen molar-refractivity contribution in [2.45, 2.75) is 20.0 Å². The SMILES string of the molecule is CCOC(=O)NNC(=O)c1c(C)c(Cl)cc(OC)c1NCC(O)CCl. The zero-order valence-electron chi connectivity index (χ0n) is 14.1. The summed E-state index contributed by atoms with van der Waals surface area (Å²) >= 11 is 11.7. The van der Waals surface area contributed by atoms with Crippen LogP contribution in [0.3, 0.4) is 0 Å². The molecule has 8 nitrogen and oxygen atoms in total. The molecule has 0 fully saturated rings. The van der Waals surface area contributed by atoms with Crippen molar-refractivity contribution in [3.8, 4) is 5.75 Å². The van der Waals surface area contributed by atoms with E-state index in [9.17, 15) is 14.7 Å². The summed E-state index contributed by atoms with van der Waals surface area (Å²) in [6.45, 7) is 3.53. The molecular weight excluding hydrogens is 373 g/mol. The number of carbonyl (C=O) groups is 2. The molecule has 1 rings (SSSR count). The van der Waals surface area contributed by atoms with Gasteiger partial charge in [0.1, 0.15) is 5.75 Å². The molecule has 0 aliphatic carbocycles. The van der Waals surface area contributed by atoms with Crippen LogP contribution in [-0.4, -0.2) is 49.4 Å². The first-order chi connectivity index (χ1) is 11.8. The fraction of sp³-hybridized carbons (Fsp3) is 0.467. The second kappa shape index (κ2) is 10.2. The van der Waals surface area contributed by atoms with Crippen LogP contribution in [-0.2, 0) is 4.74 Å². The molecule has 25 heavy (non-hydrogen) atoms. The van der Waals surface area contributed by atoms with E-state index in [1.807, 2.05) is 0 Å². The number of aliphatic hydroxyl groups is 1. The minimum atomic E-state index is -0.823. The number of nitrogens with one attached hydrogen (secondary N) is 3. The minimum Gasteiger partial charge on any atom is -0.495 e. The van der Waals surface area contributed by atoms with Gasteiger partial charge in [0.05, 0.1) is 37.0 Å². The number of amides is 2. The molecule has 140 valence electrons. The summed E-state index contributed by atoms with van der Waals surface area (Å²) in [5.74, 6) is -0.304. The first kappa shape index (κ1) is 21.1. The Labute approximate surface area is 155 Å². The molecule has 1 aromatic carbocycles. The van der Waals surface area contributed by atoms with E-state index in [0.29, 0.717) is 22.0 Å². The van der Waals surface area contributed by atoms with Gasteiger partial charge in [0.25, 0.3) is 5.91 Å². The number of ether oxygens (including phenoxy) is 2. The van der Waals surface area contributed by atoms with Crippen molar-refractivity contribution in [1.29, 1.82) is 0 Å². The summed E-state index contributed by atoms with van der Waals surface area (Å²) in [6, 6.07) is 1.54. The van der Waals surface area contributed by atoms with Crippen LogP contribution in [0.25, 0.3) is 0 Å². The number of hydrogen-bond acceptors (Lipinski definition) is 6. The van der Waals surface area contributed by atoms with Gasteiger partial charge < -0.3 is 19.9 Å². The van der Waals surface area contributed by atoms with Crippen molar-refractivity contribution in [2.24, 2.45) is 0 Å². The highest BCUT2D eigenvalue weighted by atomic mass is 35.5. The summed E-state index contributed by atoms with van der Waals surface area (Å²) in [7, 11) is 1.42. The molecule has 0 bridgehead atoms. The standard InChI is InChI=1S/C15H21Cl2N3O5/c1-4-25-15(23)20-19-14(22)12-8(2)10(17)5-11(24-3)13(12)18-7-9(21)6-16/h5,9,18,21H,4,6-7H2,1-3H3,(H,19,22)(H,20,23). The Hall–Kier alpha value is -1.90. The second-order valence-electron chi connectivity index (χ2n) is 4.92. The van der Waals surface area contributed by atoms with Gasteiger partial charge in [-0.25, -0.2) is 10.2 Å². The Balaban J connectivity index is 3.14. The van der Waals surface area contributed by atoms with E-state index in [-0.39, 0.29) is 24.6 Å². The Morgan fingerprint density at radius 2 is 2.04 bits per heavy atom. The highest BCUT2D eigenvalue weighted by Crippen LogP contribution is 2.36. The number of hydrazine groups is 1. The molecule has 0 heterocycles. The number of hydrogen-bond donors (Lipinski definition) is 4. The second-order valence-corrected chi connectivity index (χ2v) is 5.64. The van der Waals surface area contributed by atoms with Gasteiger partial charge >= 0.3 is 6.09 Å². The van der Waals surface area contributed by atoms with Gasteiger partial charge in [-0.05, 0) is 19.4 Å². The molecule has 0 spiro atoms. The maximum Gasteiger partial charge on any atom is 0.426 e. The average molecular weight is 394 g/mol. The first-order valence-electron chi connectivity index (χ1n) is 7.43. The van der Waals surface area contributed by atoms with E-state index in [1.165, 1.54) is 7.11 Å². The number of benzene rings is 1. The van der Waals surface area contributed by atoms with Crippen molar-refractivity contribution in [3.63, 3.8) is 0 Å². The number of rotatable bonds is 7. The normalized spacial score (nSPS) is 11.4. The van der Waals surface area contributed by atoms with E-state index in [0.717, 1.165) is 0 Å². The monoisotopic (exact) mass is 393 g/mol. The quantitative estimate of drug-likeness (QED) is 0.417. The van der Waals surface area contributed by atoms with E-state index >= 15 is 0 Å². The zero-order chi connectivity index (χ0) is 19.0. The van der Waals surface area contributed by atoms with Crippen LogP contribution in [0.15, 0.2) is 6.07 Å². The lowest BCUT2D eigenvalue weighted by molar-refractivity contribution is 0.0912. The summed E-state index contributed by atoms with van der Waals surface area (Å²) in [6.07, 6.45) is -1.62. The third kappa shape index (κ3) is 5.84. The van der Waals surface area contributed by atoms with Crippen molar-refractivity contribution in [2.75, 3.05) is 31.5 Å². The molecule has 0 aliphatic rings. The minimum absolute atomic E-state index is 0.0217. The smallest absolute Gasteiger partial charge is 0.426 e. The van der Waals surface area contributed by atoms with Crippen LogP contribution >= 0.6 is 23.2 Å². The Morgan fingerprint density at radius 3 is 2.60 bits per heavy atom. The predicted octanol–water partition coefficient (Wildman–Crippen LogP) is 2.06. The molecular formula is C15H21Cl2N3O5. The third-order valence-electron chi connectivity index (χ3n) is 3.18. The zero-order valence-corrected chi connectivity index (χ0v) is 15.6. The molecule has 0 aliphatic heterocycles. The van der Waals surface area contributed by atoms with Crippen LogP contribution in [0.5, 0.6) is 5.75 Å². The van der Waals surface area contributed by atoms with Gasteiger partial charge in [0.15, 0.2) is 0 Å². The van der Waals surface area contributed by atoms with Gasteiger partial charge in [0, 0.05) is 17.6 Å². The van der Waals surface area contributed by atoms with Crippen molar-refractivity contribution in [3.05, 3.63) is 22.2 Å². The predicted molar refractivity (Wildman–Crippen MR) is 95.6 cm³/mol. The summed E-state index contributed by atoms with van der Waals surface area (Å²) in [5.41, 5.74) is 5.30. The Bertz CT molecular complexity index is 628. The number of aliphatic hydroxyl groups excluding tert-OH is 1. The Kier molecular flexibility index (Phi) is 8.60. The van der Waals surface area contributed by atoms with Gasteiger partial charge in [-0.15, -0.1) is 11.6 Å². The summed E-state index contributed by atoms with van der Waals surface area (Å²) in [4.78, 5) is 23.8. The molecule has 0 radical (unpaired) electrons. The van der Waals surface area contributed by atoms with Crippen molar-refractivity contribution >= 4 is 40.9 Å². The van der Waals surface area contributed by atoms with Crippen LogP contribution in [0.1, 0.15) is 22.8 Å². The molecule has 1 unspecified atom stereocenters. The van der Waals surface area contributed by atoms with E-state index < -0.39 is 18.1 Å². The number of carbonyl (C=O) groups excluding carboxylic acids is 2. The molecule has 1 atom stereocenters. The van der Waals surface area contributed by atoms with E-state index in [1.54, 1.807) is 19.9 Å². The fourth-order valence-corrected chi connectivity index (χ4v) is 2.26. The van der Waals surface area contributed by atoms with E-state index in [2.05, 4.69) is 20.9 Å². The Morgan fingerprint density at radius 1 is 1.36 bits per heavy atom. The molecule has 0 saturated carbocycles. The van der Waals surface area contributed by atoms with Crippen LogP contribution < -0.4 is 20.9 Å². The maximum atomic E-state index is 12.5. The summed E-state index contributed by atoms with van der Waals surface area (Å²) < 4.78 is 9.92. The van der Waals surface area contributed by atoms with Crippen LogP contribution in [0.2, 0.25) is 5.02 Å². The third-order valence-corrected chi connectivity index (χ3v) is 3.93. The lowest BCUT2D eigenvalue weighted by Gasteiger charge is -2.20. The molecule has 4 N–H and O–H groups in total. The number of halogens is 2.